The van der Waals surface area contributed by atoms with Crippen LogP contribution < -0.4 is 5.32 Å². The highest BCUT2D eigenvalue weighted by Gasteiger charge is 2.15. The number of carbonyl (C=O) groups is 1. The van der Waals surface area contributed by atoms with Gasteiger partial charge in [-0.2, -0.15) is 0 Å². The van der Waals surface area contributed by atoms with Gasteiger partial charge >= 0.3 is 0 Å². The zero-order valence-electron chi connectivity index (χ0n) is 11.6. The zero-order valence-corrected chi connectivity index (χ0v) is 12.4. The van der Waals surface area contributed by atoms with Crippen LogP contribution in [0, 0.1) is 0 Å². The maximum Gasteiger partial charge on any atom is 0.177 e. The fraction of sp³-hybridized carbons (Fsp3) is 0.118. The van der Waals surface area contributed by atoms with Gasteiger partial charge in [-0.1, -0.05) is 36.4 Å². The average molecular weight is 299 g/mol. The number of para-hydroxylation sites is 1. The molecule has 0 bridgehead atoms. The van der Waals surface area contributed by atoms with E-state index in [1.807, 2.05) is 30.3 Å². The minimum Gasteiger partial charge on any atom is -0.381 e. The summed E-state index contributed by atoms with van der Waals surface area (Å²) in [5.41, 5.74) is 1.30. The van der Waals surface area contributed by atoms with Crippen molar-refractivity contribution in [3.8, 4) is 0 Å². The van der Waals surface area contributed by atoms with E-state index in [0.29, 0.717) is 17.0 Å². The molecule has 0 fully saturated rings. The van der Waals surface area contributed by atoms with Gasteiger partial charge in [0.15, 0.2) is 5.78 Å². The lowest BCUT2D eigenvalue weighted by atomic mass is 10.1. The first-order chi connectivity index (χ1) is 10.2. The lowest BCUT2D eigenvalue weighted by molar-refractivity contribution is 0.102. The predicted octanol–water partition coefficient (Wildman–Crippen LogP) is 3.28. The molecule has 2 rings (SSSR count). The molecule has 0 saturated heterocycles. The van der Waals surface area contributed by atoms with Gasteiger partial charge in [-0.3, -0.25) is 9.00 Å². The molecule has 1 unspecified atom stereocenters. The Kier molecular flexibility index (Phi) is 5.46. The summed E-state index contributed by atoms with van der Waals surface area (Å²) in [7, 11) is -1.33. The summed E-state index contributed by atoms with van der Waals surface area (Å²) >= 11 is 0. The third-order valence-electron chi connectivity index (χ3n) is 2.93. The normalized spacial score (nSPS) is 11.6. The number of ketones is 1. The highest BCUT2D eigenvalue weighted by Crippen LogP contribution is 2.17. The molecular weight excluding hydrogens is 282 g/mol. The van der Waals surface area contributed by atoms with E-state index in [9.17, 15) is 9.00 Å². The Labute approximate surface area is 127 Å². The van der Waals surface area contributed by atoms with E-state index in [2.05, 4.69) is 11.9 Å². The molecule has 1 atom stereocenters. The first-order valence-corrected chi connectivity index (χ1v) is 7.94. The Morgan fingerprint density at radius 3 is 2.48 bits per heavy atom. The molecule has 0 heterocycles. The van der Waals surface area contributed by atoms with E-state index in [1.165, 1.54) is 0 Å². The second kappa shape index (κ2) is 7.55. The van der Waals surface area contributed by atoms with Crippen molar-refractivity contribution in [3.63, 3.8) is 0 Å². The molecule has 0 amide bonds. The van der Waals surface area contributed by atoms with Crippen LogP contribution in [0.5, 0.6) is 0 Å². The number of Topliss-reactive ketones (excluding diaryl/α,β-unsaturated/α-hetero) is 1. The van der Waals surface area contributed by atoms with Crippen molar-refractivity contribution >= 4 is 22.3 Å². The molecule has 2 aromatic carbocycles. The van der Waals surface area contributed by atoms with Gasteiger partial charge in [0, 0.05) is 22.7 Å². The van der Waals surface area contributed by atoms with Crippen LogP contribution in [0.4, 0.5) is 5.69 Å². The summed E-state index contributed by atoms with van der Waals surface area (Å²) < 4.78 is 12.2. The van der Waals surface area contributed by atoms with Gasteiger partial charge in [-0.25, -0.2) is 0 Å². The van der Waals surface area contributed by atoms with Crippen molar-refractivity contribution < 1.29 is 9.00 Å². The Balaban J connectivity index is 2.13. The lowest BCUT2D eigenvalue weighted by Gasteiger charge is -2.09. The minimum absolute atomic E-state index is 0.0171. The third kappa shape index (κ3) is 4.13. The van der Waals surface area contributed by atoms with E-state index in [-0.39, 0.29) is 11.5 Å². The maximum absolute atomic E-state index is 12.4. The molecule has 0 aliphatic heterocycles. The van der Waals surface area contributed by atoms with Crippen LogP contribution in [0.2, 0.25) is 0 Å². The average Bonchev–Trinajstić information content (AvgIpc) is 2.54. The van der Waals surface area contributed by atoms with Crippen LogP contribution in [-0.4, -0.2) is 22.3 Å². The summed E-state index contributed by atoms with van der Waals surface area (Å²) in [6, 6.07) is 16.3. The summed E-state index contributed by atoms with van der Waals surface area (Å²) in [5, 5.41) is 3.12. The van der Waals surface area contributed by atoms with E-state index in [1.54, 1.807) is 30.3 Å². The number of hydrogen-bond donors (Lipinski definition) is 1. The summed E-state index contributed by atoms with van der Waals surface area (Å²) in [5.74, 6) is -0.152. The van der Waals surface area contributed by atoms with E-state index >= 15 is 0 Å². The van der Waals surface area contributed by atoms with Crippen molar-refractivity contribution in [1.29, 1.82) is 0 Å². The second-order valence-electron chi connectivity index (χ2n) is 4.44. The highest BCUT2D eigenvalue weighted by atomic mass is 32.2. The van der Waals surface area contributed by atoms with E-state index < -0.39 is 10.8 Å². The molecule has 0 radical (unpaired) electrons. The Morgan fingerprint density at radius 2 is 1.76 bits per heavy atom. The van der Waals surface area contributed by atoms with Gasteiger partial charge < -0.3 is 5.32 Å². The SMILES string of the molecule is C=CCNc1ccccc1C(=O)CS(=O)c1ccccc1. The molecule has 0 aliphatic rings. The molecule has 108 valence electrons. The topological polar surface area (TPSA) is 46.2 Å². The maximum atomic E-state index is 12.4. The fourth-order valence-electron chi connectivity index (χ4n) is 1.91. The van der Waals surface area contributed by atoms with Gasteiger partial charge in [0.1, 0.15) is 0 Å². The Hall–Kier alpha value is -2.20. The smallest absolute Gasteiger partial charge is 0.177 e. The summed E-state index contributed by atoms with van der Waals surface area (Å²) in [6.45, 7) is 4.22. The molecule has 0 aromatic heterocycles. The molecule has 0 spiro atoms. The van der Waals surface area contributed by atoms with E-state index in [0.717, 1.165) is 5.69 Å². The molecule has 21 heavy (non-hydrogen) atoms. The van der Waals surface area contributed by atoms with Crippen molar-refractivity contribution in [1.82, 2.24) is 0 Å². The van der Waals surface area contributed by atoms with Gasteiger partial charge in [-0.05, 0) is 24.3 Å². The van der Waals surface area contributed by atoms with Crippen molar-refractivity contribution in [2.75, 3.05) is 17.6 Å². The zero-order chi connectivity index (χ0) is 15.1. The third-order valence-corrected chi connectivity index (χ3v) is 4.25. The van der Waals surface area contributed by atoms with E-state index in [4.69, 9.17) is 0 Å². The van der Waals surface area contributed by atoms with Gasteiger partial charge in [0.25, 0.3) is 0 Å². The largest absolute Gasteiger partial charge is 0.381 e. The van der Waals surface area contributed by atoms with Crippen LogP contribution in [0.25, 0.3) is 0 Å². The van der Waals surface area contributed by atoms with Crippen LogP contribution in [0.15, 0.2) is 72.1 Å². The van der Waals surface area contributed by atoms with Gasteiger partial charge in [0.2, 0.25) is 0 Å². The minimum atomic E-state index is -1.33. The van der Waals surface area contributed by atoms with Gasteiger partial charge in [0.05, 0.1) is 16.6 Å². The first-order valence-electron chi connectivity index (χ1n) is 6.63. The van der Waals surface area contributed by atoms with Crippen molar-refractivity contribution in [2.24, 2.45) is 0 Å². The molecule has 4 heteroatoms. The molecule has 0 aliphatic carbocycles. The number of rotatable bonds is 7. The lowest BCUT2D eigenvalue weighted by Crippen LogP contribution is -2.13. The van der Waals surface area contributed by atoms with Crippen LogP contribution in [-0.2, 0) is 10.8 Å². The summed E-state index contributed by atoms with van der Waals surface area (Å²) in [6.07, 6.45) is 1.73. The monoisotopic (exact) mass is 299 g/mol. The molecule has 1 N–H and O–H groups in total. The van der Waals surface area contributed by atoms with Crippen molar-refractivity contribution in [2.45, 2.75) is 4.90 Å². The van der Waals surface area contributed by atoms with Crippen molar-refractivity contribution in [3.05, 3.63) is 72.8 Å². The quantitative estimate of drug-likeness (QED) is 0.630. The number of carbonyl (C=O) groups excluding carboxylic acids is 1. The number of nitrogens with one attached hydrogen (secondary N) is 1. The number of anilines is 1. The number of hydrogen-bond acceptors (Lipinski definition) is 3. The summed E-state index contributed by atoms with van der Waals surface area (Å²) in [4.78, 5) is 13.0. The molecule has 3 nitrogen and oxygen atoms in total. The fourth-order valence-corrected chi connectivity index (χ4v) is 2.94. The van der Waals surface area contributed by atoms with Gasteiger partial charge in [-0.15, -0.1) is 6.58 Å². The van der Waals surface area contributed by atoms with Crippen LogP contribution in [0.3, 0.4) is 0 Å². The van der Waals surface area contributed by atoms with Crippen LogP contribution >= 0.6 is 0 Å². The molecule has 0 saturated carbocycles. The van der Waals surface area contributed by atoms with Crippen LogP contribution in [0.1, 0.15) is 10.4 Å². The first kappa shape index (κ1) is 15.2. The Morgan fingerprint density at radius 1 is 1.10 bits per heavy atom. The Bertz CT molecular complexity index is 653. The highest BCUT2D eigenvalue weighted by molar-refractivity contribution is 7.85. The standard InChI is InChI=1S/C17H17NO2S/c1-2-12-18-16-11-7-6-10-15(16)17(19)13-21(20)14-8-4-3-5-9-14/h2-11,18H,1,12-13H2. The molecular formula is C17H17NO2S. The molecule has 2 aromatic rings. The number of benzene rings is 2. The second-order valence-corrected chi connectivity index (χ2v) is 5.89. The predicted molar refractivity (Wildman–Crippen MR) is 87.2 cm³/mol.